The van der Waals surface area contributed by atoms with Crippen LogP contribution in [0.5, 0.6) is 0 Å². The summed E-state index contributed by atoms with van der Waals surface area (Å²) in [6, 6.07) is 8.95. The van der Waals surface area contributed by atoms with Crippen molar-refractivity contribution in [1.29, 1.82) is 0 Å². The molecule has 0 bridgehead atoms. The van der Waals surface area contributed by atoms with E-state index in [-0.39, 0.29) is 11.9 Å². The van der Waals surface area contributed by atoms with E-state index in [1.165, 1.54) is 6.20 Å². The Morgan fingerprint density at radius 2 is 2.10 bits per heavy atom. The van der Waals surface area contributed by atoms with Crippen LogP contribution in [-0.2, 0) is 0 Å². The summed E-state index contributed by atoms with van der Waals surface area (Å²) < 4.78 is 0. The fourth-order valence-electron chi connectivity index (χ4n) is 2.08. The largest absolute Gasteiger partial charge is 0.335 e. The van der Waals surface area contributed by atoms with Crippen LogP contribution in [0.25, 0.3) is 0 Å². The van der Waals surface area contributed by atoms with E-state index < -0.39 is 0 Å². The van der Waals surface area contributed by atoms with Gasteiger partial charge in [0.25, 0.3) is 5.91 Å². The molecule has 0 aliphatic carbocycles. The minimum atomic E-state index is -0.177. The Hall–Kier alpha value is -2.11. The number of pyridine rings is 1. The van der Waals surface area contributed by atoms with Gasteiger partial charge in [-0.3, -0.25) is 15.6 Å². The van der Waals surface area contributed by atoms with Crippen LogP contribution in [0.2, 0.25) is 5.02 Å². The molecule has 0 spiro atoms. The van der Waals surface area contributed by atoms with Gasteiger partial charge in [-0.25, -0.2) is 0 Å². The number of anilines is 1. The summed E-state index contributed by atoms with van der Waals surface area (Å²) in [5, 5.41) is 0.632. The summed E-state index contributed by atoms with van der Waals surface area (Å²) >= 11 is 6.19. The molecular weight excluding hydrogens is 288 g/mol. The van der Waals surface area contributed by atoms with Gasteiger partial charge in [-0.15, -0.1) is 0 Å². The van der Waals surface area contributed by atoms with Crippen LogP contribution in [-0.4, -0.2) is 22.8 Å². The van der Waals surface area contributed by atoms with E-state index in [0.29, 0.717) is 16.3 Å². The van der Waals surface area contributed by atoms with Gasteiger partial charge in [-0.1, -0.05) is 29.8 Å². The lowest BCUT2D eigenvalue weighted by Crippen LogP contribution is -2.31. The van der Waals surface area contributed by atoms with Crippen LogP contribution in [0.15, 0.2) is 42.7 Å². The van der Waals surface area contributed by atoms with E-state index in [1.54, 1.807) is 24.2 Å². The van der Waals surface area contributed by atoms with Crippen molar-refractivity contribution in [3.63, 3.8) is 0 Å². The molecule has 21 heavy (non-hydrogen) atoms. The van der Waals surface area contributed by atoms with Crippen molar-refractivity contribution < 1.29 is 4.79 Å². The van der Waals surface area contributed by atoms with Gasteiger partial charge in [0.05, 0.1) is 17.3 Å². The van der Waals surface area contributed by atoms with Crippen molar-refractivity contribution in [2.24, 2.45) is 5.84 Å². The highest BCUT2D eigenvalue weighted by Gasteiger charge is 2.22. The molecule has 0 aliphatic heterocycles. The molecule has 3 N–H and O–H groups in total. The monoisotopic (exact) mass is 304 g/mol. The number of benzene rings is 1. The second-order valence-electron chi connectivity index (χ2n) is 4.68. The Morgan fingerprint density at radius 1 is 1.38 bits per heavy atom. The Kier molecular flexibility index (Phi) is 4.77. The first-order chi connectivity index (χ1) is 10.1. The van der Waals surface area contributed by atoms with Gasteiger partial charge in [-0.2, -0.15) is 0 Å². The van der Waals surface area contributed by atoms with Crippen molar-refractivity contribution in [1.82, 2.24) is 9.88 Å². The fourth-order valence-corrected chi connectivity index (χ4v) is 2.37. The van der Waals surface area contributed by atoms with E-state index in [4.69, 9.17) is 17.4 Å². The van der Waals surface area contributed by atoms with Crippen LogP contribution in [0, 0.1) is 0 Å². The van der Waals surface area contributed by atoms with Crippen LogP contribution in [0.3, 0.4) is 0 Å². The quantitative estimate of drug-likeness (QED) is 0.673. The molecule has 1 atom stereocenters. The van der Waals surface area contributed by atoms with Gasteiger partial charge in [0.2, 0.25) is 0 Å². The zero-order valence-electron chi connectivity index (χ0n) is 11.9. The van der Waals surface area contributed by atoms with Gasteiger partial charge >= 0.3 is 0 Å². The number of hydrogen-bond acceptors (Lipinski definition) is 4. The number of halogens is 1. The molecule has 1 aromatic carbocycles. The minimum Gasteiger partial charge on any atom is -0.335 e. The van der Waals surface area contributed by atoms with Gasteiger partial charge in [-0.05, 0) is 24.6 Å². The number of hydrazine groups is 1. The third-order valence-electron chi connectivity index (χ3n) is 3.46. The minimum absolute atomic E-state index is 0.169. The number of nitrogens with one attached hydrogen (secondary N) is 1. The van der Waals surface area contributed by atoms with Crippen LogP contribution in [0.1, 0.15) is 28.9 Å². The highest BCUT2D eigenvalue weighted by atomic mass is 35.5. The molecule has 0 saturated heterocycles. The molecule has 110 valence electrons. The molecule has 2 rings (SSSR count). The van der Waals surface area contributed by atoms with Crippen molar-refractivity contribution in [3.05, 3.63) is 58.9 Å². The van der Waals surface area contributed by atoms with E-state index in [9.17, 15) is 4.79 Å². The summed E-state index contributed by atoms with van der Waals surface area (Å²) in [6.45, 7) is 1.92. The van der Waals surface area contributed by atoms with Gasteiger partial charge in [0.1, 0.15) is 0 Å². The maximum atomic E-state index is 12.6. The molecule has 2 aromatic rings. The molecule has 1 unspecified atom stereocenters. The van der Waals surface area contributed by atoms with Crippen molar-refractivity contribution >= 4 is 23.2 Å². The van der Waals surface area contributed by atoms with Crippen molar-refractivity contribution in [2.45, 2.75) is 13.0 Å². The number of nitrogens with two attached hydrogens (primary N) is 1. The fraction of sp³-hybridized carbons (Fsp3) is 0.200. The summed E-state index contributed by atoms with van der Waals surface area (Å²) in [4.78, 5) is 18.2. The molecule has 1 amide bonds. The normalized spacial score (nSPS) is 11.8. The summed E-state index contributed by atoms with van der Waals surface area (Å²) in [6.07, 6.45) is 3.07. The summed E-state index contributed by atoms with van der Waals surface area (Å²) in [5.74, 6) is 5.25. The van der Waals surface area contributed by atoms with Gasteiger partial charge in [0, 0.05) is 24.5 Å². The average Bonchev–Trinajstić information content (AvgIpc) is 2.53. The molecule has 0 aliphatic rings. The van der Waals surface area contributed by atoms with Crippen LogP contribution < -0.4 is 11.3 Å². The molecule has 1 heterocycles. The lowest BCUT2D eigenvalue weighted by Gasteiger charge is -2.26. The maximum absolute atomic E-state index is 12.6. The topological polar surface area (TPSA) is 71.2 Å². The van der Waals surface area contributed by atoms with E-state index in [0.717, 1.165) is 5.56 Å². The van der Waals surface area contributed by atoms with Crippen molar-refractivity contribution in [2.75, 3.05) is 12.5 Å². The molecule has 5 nitrogen and oxygen atoms in total. The Balaban J connectivity index is 2.29. The van der Waals surface area contributed by atoms with Crippen LogP contribution in [0.4, 0.5) is 5.69 Å². The number of hydrogen-bond donors (Lipinski definition) is 2. The Bertz CT molecular complexity index is 647. The highest BCUT2D eigenvalue weighted by Crippen LogP contribution is 2.28. The zero-order valence-corrected chi connectivity index (χ0v) is 12.6. The first-order valence-electron chi connectivity index (χ1n) is 6.48. The highest BCUT2D eigenvalue weighted by molar-refractivity contribution is 6.31. The standard InChI is InChI=1S/C15H17ClN4O/c1-10(11-5-3-4-6-13(11)16)20(2)15(21)12-9-18-8-7-14(12)19-17/h3-10H,17H2,1-2H3,(H,18,19). The van der Waals surface area contributed by atoms with Crippen molar-refractivity contribution in [3.8, 4) is 0 Å². The van der Waals surface area contributed by atoms with E-state index in [2.05, 4.69) is 10.4 Å². The Labute approximate surface area is 128 Å². The molecular formula is C15H17ClN4O. The second kappa shape index (κ2) is 6.56. The third-order valence-corrected chi connectivity index (χ3v) is 3.81. The first kappa shape index (κ1) is 15.3. The number of rotatable bonds is 4. The lowest BCUT2D eigenvalue weighted by molar-refractivity contribution is 0.0743. The number of carbonyl (C=O) groups is 1. The number of nitrogens with zero attached hydrogens (tertiary/aromatic N) is 2. The predicted octanol–water partition coefficient (Wildman–Crippen LogP) is 2.85. The number of carbonyl (C=O) groups excluding carboxylic acids is 1. The second-order valence-corrected chi connectivity index (χ2v) is 5.09. The number of nitrogen functional groups attached to an aromatic ring is 1. The summed E-state index contributed by atoms with van der Waals surface area (Å²) in [7, 11) is 1.73. The van der Waals surface area contributed by atoms with E-state index in [1.807, 2.05) is 31.2 Å². The van der Waals surface area contributed by atoms with Gasteiger partial charge in [0.15, 0.2) is 0 Å². The predicted molar refractivity (Wildman–Crippen MR) is 84.0 cm³/mol. The maximum Gasteiger partial charge on any atom is 0.257 e. The average molecular weight is 305 g/mol. The molecule has 0 saturated carbocycles. The van der Waals surface area contributed by atoms with Crippen LogP contribution >= 0.6 is 11.6 Å². The van der Waals surface area contributed by atoms with E-state index >= 15 is 0 Å². The number of aromatic nitrogens is 1. The zero-order chi connectivity index (χ0) is 15.4. The molecule has 1 aromatic heterocycles. The molecule has 0 radical (unpaired) electrons. The lowest BCUT2D eigenvalue weighted by atomic mass is 10.1. The molecule has 0 fully saturated rings. The SMILES string of the molecule is CC(c1ccccc1Cl)N(C)C(=O)c1cnccc1NN. The Morgan fingerprint density at radius 3 is 2.76 bits per heavy atom. The third kappa shape index (κ3) is 3.15. The smallest absolute Gasteiger partial charge is 0.257 e. The number of amides is 1. The molecule has 6 heteroatoms. The van der Waals surface area contributed by atoms with Gasteiger partial charge < -0.3 is 10.3 Å². The summed E-state index contributed by atoms with van der Waals surface area (Å²) in [5.41, 5.74) is 4.35. The first-order valence-corrected chi connectivity index (χ1v) is 6.86.